The molecule has 21 heavy (non-hydrogen) atoms. The van der Waals surface area contributed by atoms with Crippen molar-refractivity contribution in [1.29, 1.82) is 0 Å². The van der Waals surface area contributed by atoms with Gasteiger partial charge in [-0.1, -0.05) is 6.07 Å². The number of benzene rings is 2. The van der Waals surface area contributed by atoms with E-state index < -0.39 is 0 Å². The minimum absolute atomic E-state index is 0.260. The van der Waals surface area contributed by atoms with Gasteiger partial charge in [-0.25, -0.2) is 4.39 Å². The molecule has 0 unspecified atom stereocenters. The van der Waals surface area contributed by atoms with Gasteiger partial charge < -0.3 is 15.8 Å². The highest BCUT2D eigenvalue weighted by molar-refractivity contribution is 9.10. The van der Waals surface area contributed by atoms with Crippen molar-refractivity contribution in [3.8, 4) is 5.75 Å². The molecule has 0 aliphatic rings. The molecule has 0 radical (unpaired) electrons. The predicted octanol–water partition coefficient (Wildman–Crippen LogP) is 3.74. The van der Waals surface area contributed by atoms with Gasteiger partial charge in [0.25, 0.3) is 5.91 Å². The van der Waals surface area contributed by atoms with Gasteiger partial charge in [-0.15, -0.1) is 0 Å². The molecular weight excluding hydrogens is 339 g/mol. The maximum absolute atomic E-state index is 13.4. The highest BCUT2D eigenvalue weighted by Crippen LogP contribution is 2.28. The Labute approximate surface area is 130 Å². The number of amides is 1. The lowest BCUT2D eigenvalue weighted by Crippen LogP contribution is -2.15. The van der Waals surface area contributed by atoms with Crippen molar-refractivity contribution in [2.45, 2.75) is 6.92 Å². The third-order valence-corrected chi connectivity index (χ3v) is 3.65. The molecule has 0 spiro atoms. The molecule has 110 valence electrons. The summed E-state index contributed by atoms with van der Waals surface area (Å²) in [6, 6.07) is 7.80. The molecule has 0 saturated heterocycles. The van der Waals surface area contributed by atoms with Crippen LogP contribution in [0.3, 0.4) is 0 Å². The van der Waals surface area contributed by atoms with Gasteiger partial charge >= 0.3 is 0 Å². The lowest BCUT2D eigenvalue weighted by Gasteiger charge is -2.12. The summed E-state index contributed by atoms with van der Waals surface area (Å²) in [6.07, 6.45) is 0. The van der Waals surface area contributed by atoms with E-state index >= 15 is 0 Å². The van der Waals surface area contributed by atoms with Crippen molar-refractivity contribution < 1.29 is 13.9 Å². The highest BCUT2D eigenvalue weighted by Gasteiger charge is 2.15. The fourth-order valence-electron chi connectivity index (χ4n) is 1.89. The number of hydrogen-bond donors (Lipinski definition) is 2. The van der Waals surface area contributed by atoms with Crippen LogP contribution in [0.2, 0.25) is 0 Å². The summed E-state index contributed by atoms with van der Waals surface area (Å²) in [7, 11) is 1.48. The summed E-state index contributed by atoms with van der Waals surface area (Å²) in [4.78, 5) is 12.3. The number of anilines is 2. The van der Waals surface area contributed by atoms with Crippen molar-refractivity contribution in [3.05, 3.63) is 51.7 Å². The maximum Gasteiger partial charge on any atom is 0.257 e. The van der Waals surface area contributed by atoms with Gasteiger partial charge in [-0.05, 0) is 52.7 Å². The van der Waals surface area contributed by atoms with Gasteiger partial charge in [0.15, 0.2) is 0 Å². The number of rotatable bonds is 3. The Balaban J connectivity index is 2.33. The standard InChI is InChI=1S/C15H14BrFN2O2/c1-8-6-11(17)10(16)7-12(8)19-15(20)9-4-3-5-13(21-2)14(9)18/h3-7H,18H2,1-2H3,(H,19,20). The number of carbonyl (C=O) groups excluding carboxylic acids is 1. The number of nitrogens with one attached hydrogen (secondary N) is 1. The molecule has 0 aromatic heterocycles. The molecule has 3 N–H and O–H groups in total. The fourth-order valence-corrected chi connectivity index (χ4v) is 2.23. The highest BCUT2D eigenvalue weighted by atomic mass is 79.9. The summed E-state index contributed by atoms with van der Waals surface area (Å²) in [5, 5.41) is 2.72. The minimum Gasteiger partial charge on any atom is -0.495 e. The first kappa shape index (κ1) is 15.3. The number of hydrogen-bond acceptors (Lipinski definition) is 3. The Morgan fingerprint density at radius 1 is 1.38 bits per heavy atom. The number of nitrogens with two attached hydrogens (primary N) is 1. The van der Waals surface area contributed by atoms with E-state index in [4.69, 9.17) is 10.5 Å². The second-order valence-electron chi connectivity index (χ2n) is 4.46. The largest absolute Gasteiger partial charge is 0.495 e. The molecule has 0 aliphatic carbocycles. The monoisotopic (exact) mass is 352 g/mol. The van der Waals surface area contributed by atoms with Gasteiger partial charge in [0, 0.05) is 5.69 Å². The van der Waals surface area contributed by atoms with E-state index in [1.807, 2.05) is 0 Å². The van der Waals surface area contributed by atoms with Crippen LogP contribution in [0.1, 0.15) is 15.9 Å². The Morgan fingerprint density at radius 3 is 2.76 bits per heavy atom. The normalized spacial score (nSPS) is 10.3. The molecule has 0 aliphatic heterocycles. The summed E-state index contributed by atoms with van der Waals surface area (Å²) in [5.41, 5.74) is 7.57. The van der Waals surface area contributed by atoms with Crippen molar-refractivity contribution in [2.24, 2.45) is 0 Å². The van der Waals surface area contributed by atoms with Crippen molar-refractivity contribution in [2.75, 3.05) is 18.2 Å². The fraction of sp³-hybridized carbons (Fsp3) is 0.133. The van der Waals surface area contributed by atoms with E-state index in [0.717, 1.165) is 0 Å². The van der Waals surface area contributed by atoms with Gasteiger partial charge in [-0.3, -0.25) is 4.79 Å². The molecule has 6 heteroatoms. The number of aryl methyl sites for hydroxylation is 1. The molecule has 0 heterocycles. The third kappa shape index (κ3) is 3.16. The predicted molar refractivity (Wildman–Crippen MR) is 84.2 cm³/mol. The van der Waals surface area contributed by atoms with Crippen molar-refractivity contribution in [3.63, 3.8) is 0 Å². The number of methoxy groups -OCH3 is 1. The van der Waals surface area contributed by atoms with Crippen LogP contribution < -0.4 is 15.8 Å². The average molecular weight is 353 g/mol. The zero-order chi connectivity index (χ0) is 15.6. The molecule has 0 saturated carbocycles. The zero-order valence-electron chi connectivity index (χ0n) is 11.5. The second-order valence-corrected chi connectivity index (χ2v) is 5.31. The maximum atomic E-state index is 13.4. The number of halogens is 2. The van der Waals surface area contributed by atoms with Gasteiger partial charge in [0.05, 0.1) is 22.8 Å². The molecular formula is C15H14BrFN2O2. The van der Waals surface area contributed by atoms with Crippen LogP contribution in [0.25, 0.3) is 0 Å². The Bertz CT molecular complexity index is 704. The average Bonchev–Trinajstić information content (AvgIpc) is 2.44. The SMILES string of the molecule is COc1cccc(C(=O)Nc2cc(Br)c(F)cc2C)c1N. The van der Waals surface area contributed by atoms with Crippen LogP contribution in [0.4, 0.5) is 15.8 Å². The molecule has 1 amide bonds. The Kier molecular flexibility index (Phi) is 4.47. The first-order chi connectivity index (χ1) is 9.93. The quantitative estimate of drug-likeness (QED) is 0.827. The van der Waals surface area contributed by atoms with E-state index in [1.165, 1.54) is 19.2 Å². The number of carbonyl (C=O) groups is 1. The molecule has 2 aromatic carbocycles. The second kappa shape index (κ2) is 6.13. The lowest BCUT2D eigenvalue weighted by molar-refractivity contribution is 0.102. The molecule has 2 rings (SSSR count). The first-order valence-corrected chi connectivity index (χ1v) is 6.92. The van der Waals surface area contributed by atoms with Crippen LogP contribution in [-0.4, -0.2) is 13.0 Å². The van der Waals surface area contributed by atoms with Gasteiger partial charge in [-0.2, -0.15) is 0 Å². The lowest BCUT2D eigenvalue weighted by atomic mass is 10.1. The van der Waals surface area contributed by atoms with E-state index in [-0.39, 0.29) is 21.9 Å². The van der Waals surface area contributed by atoms with E-state index in [9.17, 15) is 9.18 Å². The summed E-state index contributed by atoms with van der Waals surface area (Å²) in [6.45, 7) is 1.71. The van der Waals surface area contributed by atoms with E-state index in [0.29, 0.717) is 22.6 Å². The van der Waals surface area contributed by atoms with Crippen LogP contribution in [0.15, 0.2) is 34.8 Å². The van der Waals surface area contributed by atoms with Crippen LogP contribution in [0.5, 0.6) is 5.75 Å². The topological polar surface area (TPSA) is 64.3 Å². The van der Waals surface area contributed by atoms with E-state index in [1.54, 1.807) is 25.1 Å². The summed E-state index contributed by atoms with van der Waals surface area (Å²) < 4.78 is 18.7. The number of ether oxygens (including phenoxy) is 1. The van der Waals surface area contributed by atoms with Crippen LogP contribution >= 0.6 is 15.9 Å². The van der Waals surface area contributed by atoms with Crippen molar-refractivity contribution >= 4 is 33.2 Å². The first-order valence-electron chi connectivity index (χ1n) is 6.13. The van der Waals surface area contributed by atoms with Crippen molar-refractivity contribution in [1.82, 2.24) is 0 Å². The van der Waals surface area contributed by atoms with Crippen LogP contribution in [0, 0.1) is 12.7 Å². The Hall–Kier alpha value is -2.08. The summed E-state index contributed by atoms with van der Waals surface area (Å²) in [5.74, 6) is -0.334. The number of para-hydroxylation sites is 1. The third-order valence-electron chi connectivity index (χ3n) is 3.05. The smallest absolute Gasteiger partial charge is 0.257 e. The molecule has 0 fully saturated rings. The van der Waals surface area contributed by atoms with E-state index in [2.05, 4.69) is 21.2 Å². The molecule has 0 atom stereocenters. The van der Waals surface area contributed by atoms with Crippen LogP contribution in [-0.2, 0) is 0 Å². The van der Waals surface area contributed by atoms with Gasteiger partial charge in [0.2, 0.25) is 0 Å². The number of nitrogen functional groups attached to an aromatic ring is 1. The van der Waals surface area contributed by atoms with Gasteiger partial charge in [0.1, 0.15) is 11.6 Å². The summed E-state index contributed by atoms with van der Waals surface area (Å²) >= 11 is 3.09. The molecule has 0 bridgehead atoms. The minimum atomic E-state index is -0.383. The Morgan fingerprint density at radius 2 is 2.10 bits per heavy atom. The zero-order valence-corrected chi connectivity index (χ0v) is 13.1. The molecule has 4 nitrogen and oxygen atoms in total. The molecule has 2 aromatic rings.